The molecule has 0 spiro atoms. The van der Waals surface area contributed by atoms with Gasteiger partial charge >= 0.3 is 12.1 Å². The Labute approximate surface area is 132 Å². The number of benzene rings is 1. The van der Waals surface area contributed by atoms with Gasteiger partial charge < -0.3 is 14.8 Å². The Morgan fingerprint density at radius 3 is 2.23 bits per heavy atom. The largest absolute Gasteiger partial charge is 0.462 e. The summed E-state index contributed by atoms with van der Waals surface area (Å²) >= 11 is 0. The summed E-state index contributed by atoms with van der Waals surface area (Å²) in [5.74, 6) is 0.186. The van der Waals surface area contributed by atoms with Gasteiger partial charge in [0.1, 0.15) is 0 Å². The van der Waals surface area contributed by atoms with Crippen LogP contribution in [0.5, 0.6) is 0 Å². The summed E-state index contributed by atoms with van der Waals surface area (Å²) in [6.07, 6.45) is -0.487. The molecule has 0 aliphatic carbocycles. The standard InChI is InChI=1S/C17H25NO4/c1-12(2)10-21-16(19)15-8-6-5-7-14(15)9-18-17(20)22-11-13(3)4/h5-8,12-13H,9-11H2,1-4H3,(H,18,20). The van der Waals surface area contributed by atoms with Crippen molar-refractivity contribution in [3.05, 3.63) is 35.4 Å². The molecular weight excluding hydrogens is 282 g/mol. The van der Waals surface area contributed by atoms with Crippen LogP contribution in [0.15, 0.2) is 24.3 Å². The first-order valence-corrected chi connectivity index (χ1v) is 7.55. The molecule has 122 valence electrons. The summed E-state index contributed by atoms with van der Waals surface area (Å²) < 4.78 is 10.3. The van der Waals surface area contributed by atoms with Crippen LogP contribution in [0.4, 0.5) is 4.79 Å². The van der Waals surface area contributed by atoms with Crippen molar-refractivity contribution in [2.45, 2.75) is 34.2 Å². The molecule has 5 heteroatoms. The molecule has 0 aliphatic heterocycles. The van der Waals surface area contributed by atoms with Crippen LogP contribution in [-0.4, -0.2) is 25.3 Å². The van der Waals surface area contributed by atoms with E-state index in [-0.39, 0.29) is 24.3 Å². The summed E-state index contributed by atoms with van der Waals surface area (Å²) in [6.45, 7) is 8.85. The zero-order valence-corrected chi connectivity index (χ0v) is 13.7. The lowest BCUT2D eigenvalue weighted by atomic mass is 10.1. The van der Waals surface area contributed by atoms with E-state index in [0.29, 0.717) is 24.3 Å². The fourth-order valence-electron chi connectivity index (χ4n) is 1.65. The van der Waals surface area contributed by atoms with Gasteiger partial charge in [0.15, 0.2) is 0 Å². The number of esters is 1. The van der Waals surface area contributed by atoms with Crippen molar-refractivity contribution in [1.82, 2.24) is 5.32 Å². The van der Waals surface area contributed by atoms with E-state index in [4.69, 9.17) is 9.47 Å². The summed E-state index contributed by atoms with van der Waals surface area (Å²) in [4.78, 5) is 23.6. The molecule has 0 saturated heterocycles. The van der Waals surface area contributed by atoms with E-state index in [1.54, 1.807) is 18.2 Å². The Hall–Kier alpha value is -2.04. The second kappa shape index (κ2) is 9.07. The number of nitrogens with one attached hydrogen (secondary N) is 1. The van der Waals surface area contributed by atoms with Crippen molar-refractivity contribution in [1.29, 1.82) is 0 Å². The summed E-state index contributed by atoms with van der Waals surface area (Å²) in [6, 6.07) is 7.07. The second-order valence-electron chi connectivity index (χ2n) is 6.00. The highest BCUT2D eigenvalue weighted by Gasteiger charge is 2.14. The molecule has 0 atom stereocenters. The molecule has 0 aromatic heterocycles. The van der Waals surface area contributed by atoms with Crippen molar-refractivity contribution in [3.8, 4) is 0 Å². The zero-order valence-electron chi connectivity index (χ0n) is 13.7. The molecule has 1 aromatic carbocycles. The lowest BCUT2D eigenvalue weighted by Gasteiger charge is -2.12. The van der Waals surface area contributed by atoms with Crippen molar-refractivity contribution in [2.24, 2.45) is 11.8 Å². The summed E-state index contributed by atoms with van der Waals surface area (Å²) in [7, 11) is 0. The van der Waals surface area contributed by atoms with Gasteiger partial charge in [-0.3, -0.25) is 0 Å². The fourth-order valence-corrected chi connectivity index (χ4v) is 1.65. The Morgan fingerprint density at radius 2 is 1.59 bits per heavy atom. The minimum atomic E-state index is -0.487. The molecule has 1 N–H and O–H groups in total. The van der Waals surface area contributed by atoms with Crippen molar-refractivity contribution < 1.29 is 19.1 Å². The van der Waals surface area contributed by atoms with E-state index in [9.17, 15) is 9.59 Å². The van der Waals surface area contributed by atoms with Crippen molar-refractivity contribution in [3.63, 3.8) is 0 Å². The number of hydrogen-bond acceptors (Lipinski definition) is 4. The van der Waals surface area contributed by atoms with Crippen LogP contribution in [0.2, 0.25) is 0 Å². The molecule has 0 aliphatic rings. The first-order chi connectivity index (χ1) is 10.4. The Bertz CT molecular complexity index is 497. The monoisotopic (exact) mass is 307 g/mol. The van der Waals surface area contributed by atoms with E-state index >= 15 is 0 Å². The molecule has 0 bridgehead atoms. The lowest BCUT2D eigenvalue weighted by Crippen LogP contribution is -2.26. The maximum absolute atomic E-state index is 12.1. The average molecular weight is 307 g/mol. The highest BCUT2D eigenvalue weighted by atomic mass is 16.5. The van der Waals surface area contributed by atoms with E-state index in [0.717, 1.165) is 0 Å². The van der Waals surface area contributed by atoms with Crippen LogP contribution in [-0.2, 0) is 16.0 Å². The van der Waals surface area contributed by atoms with Crippen LogP contribution in [0.25, 0.3) is 0 Å². The highest BCUT2D eigenvalue weighted by molar-refractivity contribution is 5.91. The maximum atomic E-state index is 12.1. The average Bonchev–Trinajstić information content (AvgIpc) is 2.48. The third kappa shape index (κ3) is 6.61. The quantitative estimate of drug-likeness (QED) is 0.784. The summed E-state index contributed by atoms with van der Waals surface area (Å²) in [5.41, 5.74) is 1.17. The van der Waals surface area contributed by atoms with Gasteiger partial charge in [-0.1, -0.05) is 45.9 Å². The molecular formula is C17H25NO4. The number of rotatable bonds is 7. The predicted molar refractivity (Wildman–Crippen MR) is 84.6 cm³/mol. The van der Waals surface area contributed by atoms with Crippen LogP contribution < -0.4 is 5.32 Å². The number of alkyl carbamates (subject to hydrolysis) is 1. The van der Waals surface area contributed by atoms with E-state index in [2.05, 4.69) is 5.32 Å². The van der Waals surface area contributed by atoms with Crippen molar-refractivity contribution >= 4 is 12.1 Å². The first-order valence-electron chi connectivity index (χ1n) is 7.55. The molecule has 5 nitrogen and oxygen atoms in total. The topological polar surface area (TPSA) is 64.6 Å². The van der Waals surface area contributed by atoms with Gasteiger partial charge in [0.05, 0.1) is 18.8 Å². The molecule has 0 heterocycles. The second-order valence-corrected chi connectivity index (χ2v) is 6.00. The van der Waals surface area contributed by atoms with Crippen LogP contribution in [0.3, 0.4) is 0 Å². The fraction of sp³-hybridized carbons (Fsp3) is 0.529. The molecule has 1 rings (SSSR count). The third-order valence-electron chi connectivity index (χ3n) is 2.76. The summed E-state index contributed by atoms with van der Waals surface area (Å²) in [5, 5.41) is 2.65. The molecule has 22 heavy (non-hydrogen) atoms. The zero-order chi connectivity index (χ0) is 16.5. The number of carbonyl (C=O) groups excluding carboxylic acids is 2. The highest BCUT2D eigenvalue weighted by Crippen LogP contribution is 2.11. The first kappa shape index (κ1) is 18.0. The SMILES string of the molecule is CC(C)COC(=O)NCc1ccccc1C(=O)OCC(C)C. The van der Waals surface area contributed by atoms with Crippen LogP contribution >= 0.6 is 0 Å². The van der Waals surface area contributed by atoms with Crippen LogP contribution in [0.1, 0.15) is 43.6 Å². The lowest BCUT2D eigenvalue weighted by molar-refractivity contribution is 0.0457. The van der Waals surface area contributed by atoms with Gasteiger partial charge in [0.2, 0.25) is 0 Å². The number of hydrogen-bond donors (Lipinski definition) is 1. The third-order valence-corrected chi connectivity index (χ3v) is 2.76. The van der Waals surface area contributed by atoms with E-state index in [1.165, 1.54) is 0 Å². The Kier molecular flexibility index (Phi) is 7.43. The van der Waals surface area contributed by atoms with E-state index < -0.39 is 6.09 Å². The normalized spacial score (nSPS) is 10.6. The smallest absolute Gasteiger partial charge is 0.407 e. The van der Waals surface area contributed by atoms with Gasteiger partial charge in [-0.15, -0.1) is 0 Å². The predicted octanol–water partition coefficient (Wildman–Crippen LogP) is 3.38. The number of ether oxygens (including phenoxy) is 2. The molecule has 1 aromatic rings. The Morgan fingerprint density at radius 1 is 1.00 bits per heavy atom. The Balaban J connectivity index is 2.60. The number of carbonyl (C=O) groups is 2. The van der Waals surface area contributed by atoms with Crippen molar-refractivity contribution in [2.75, 3.05) is 13.2 Å². The molecule has 1 amide bonds. The molecule has 0 fully saturated rings. The molecule has 0 saturated carbocycles. The maximum Gasteiger partial charge on any atom is 0.407 e. The van der Waals surface area contributed by atoms with Gasteiger partial charge in [-0.25, -0.2) is 9.59 Å². The number of amides is 1. The minimum absolute atomic E-state index is 0.226. The minimum Gasteiger partial charge on any atom is -0.462 e. The van der Waals surface area contributed by atoms with Gasteiger partial charge in [-0.2, -0.15) is 0 Å². The molecule has 0 radical (unpaired) electrons. The molecule has 0 unspecified atom stereocenters. The van der Waals surface area contributed by atoms with Gasteiger partial charge in [-0.05, 0) is 23.5 Å². The van der Waals surface area contributed by atoms with Crippen LogP contribution in [0, 0.1) is 11.8 Å². The van der Waals surface area contributed by atoms with Gasteiger partial charge in [0.25, 0.3) is 0 Å². The van der Waals surface area contributed by atoms with Gasteiger partial charge in [0, 0.05) is 6.54 Å². The van der Waals surface area contributed by atoms with E-state index in [1.807, 2.05) is 33.8 Å².